The third kappa shape index (κ3) is 4.88. The van der Waals surface area contributed by atoms with Crippen LogP contribution in [0.5, 0.6) is 0 Å². The molecule has 0 radical (unpaired) electrons. The zero-order valence-corrected chi connectivity index (χ0v) is 27.5. The summed E-state index contributed by atoms with van der Waals surface area (Å²) in [6.07, 6.45) is 2.59. The molecule has 6 rings (SSSR count). The van der Waals surface area contributed by atoms with Gasteiger partial charge in [0, 0.05) is 54.9 Å². The number of urea groups is 1. The number of benzene rings is 1. The van der Waals surface area contributed by atoms with Gasteiger partial charge in [-0.05, 0) is 55.1 Å². The molecular formula is C35H45FN4O7. The summed E-state index contributed by atoms with van der Waals surface area (Å²) < 4.78 is 21.7. The van der Waals surface area contributed by atoms with Crippen molar-refractivity contribution in [1.82, 2.24) is 4.90 Å². The summed E-state index contributed by atoms with van der Waals surface area (Å²) in [6.45, 7) is 13.1. The van der Waals surface area contributed by atoms with Crippen LogP contribution in [0.4, 0.5) is 20.6 Å². The summed E-state index contributed by atoms with van der Waals surface area (Å²) in [5.74, 6) is -6.04. The van der Waals surface area contributed by atoms with Crippen LogP contribution in [0.25, 0.3) is 0 Å². The molecule has 3 saturated carbocycles. The van der Waals surface area contributed by atoms with E-state index in [1.807, 2.05) is 27.7 Å². The molecule has 4 N–H and O–H groups in total. The number of rotatable bonds is 4. The molecule has 11 nitrogen and oxygen atoms in total. The maximum Gasteiger partial charge on any atom is 0.326 e. The quantitative estimate of drug-likeness (QED) is 0.252. The molecular weight excluding hydrogens is 607 g/mol. The topological polar surface area (TPSA) is 159 Å². The molecule has 0 spiro atoms. The van der Waals surface area contributed by atoms with Crippen LogP contribution in [0.15, 0.2) is 24.8 Å². The van der Waals surface area contributed by atoms with Crippen molar-refractivity contribution in [2.45, 2.75) is 72.0 Å². The number of ether oxygens (including phenoxy) is 1. The van der Waals surface area contributed by atoms with Crippen LogP contribution in [0, 0.1) is 45.7 Å². The lowest BCUT2D eigenvalue weighted by molar-refractivity contribution is -0.208. The zero-order chi connectivity index (χ0) is 34.2. The predicted molar refractivity (Wildman–Crippen MR) is 171 cm³/mol. The number of amides is 3. The fourth-order valence-corrected chi connectivity index (χ4v) is 9.68. The zero-order valence-electron chi connectivity index (χ0n) is 27.5. The van der Waals surface area contributed by atoms with Gasteiger partial charge in [0.05, 0.1) is 17.5 Å². The van der Waals surface area contributed by atoms with E-state index in [4.69, 9.17) is 10.5 Å². The van der Waals surface area contributed by atoms with Crippen molar-refractivity contribution < 1.29 is 38.2 Å². The Morgan fingerprint density at radius 3 is 2.45 bits per heavy atom. The maximum absolute atomic E-state index is 15.5. The Morgan fingerprint density at radius 1 is 1.13 bits per heavy atom. The van der Waals surface area contributed by atoms with Gasteiger partial charge in [0.1, 0.15) is 17.7 Å². The van der Waals surface area contributed by atoms with E-state index in [0.717, 1.165) is 18.9 Å². The smallest absolute Gasteiger partial charge is 0.326 e. The molecule has 2 heterocycles. The number of nitrogens with one attached hydrogen (secondary N) is 1. The minimum atomic E-state index is -1.87. The number of fused-ring (bicyclic) bond motifs is 1. The summed E-state index contributed by atoms with van der Waals surface area (Å²) in [7, 11) is 0. The monoisotopic (exact) mass is 652 g/mol. The van der Waals surface area contributed by atoms with Gasteiger partial charge >= 0.3 is 12.0 Å². The van der Waals surface area contributed by atoms with E-state index in [1.165, 1.54) is 11.0 Å². The third-order valence-corrected chi connectivity index (χ3v) is 12.9. The minimum absolute atomic E-state index is 0.0362. The molecule has 4 fully saturated rings. The molecule has 9 atom stereocenters. The lowest BCUT2D eigenvalue weighted by atomic mass is 9.44. The highest BCUT2D eigenvalue weighted by Crippen LogP contribution is 2.68. The number of ketones is 2. The van der Waals surface area contributed by atoms with Gasteiger partial charge in [0.25, 0.3) is 0 Å². The van der Waals surface area contributed by atoms with Crippen molar-refractivity contribution >= 4 is 40.8 Å². The number of halogens is 1. The fourth-order valence-electron chi connectivity index (χ4n) is 9.68. The first-order chi connectivity index (χ1) is 22.1. The Morgan fingerprint density at radius 2 is 1.81 bits per heavy atom. The third-order valence-electron chi connectivity index (χ3n) is 12.9. The number of nitrogens with zero attached hydrogens (tertiary/aromatic N) is 2. The number of piperazine rings is 1. The molecule has 47 heavy (non-hydrogen) atoms. The Bertz CT molecular complexity index is 1560. The highest BCUT2D eigenvalue weighted by Gasteiger charge is 2.68. The standard InChI is InChI=1S/C35H45FN4O7/c1-6-33(4)17-25(34(5)18(2)7-9-35(19(3)29(33)43)10-8-24(41)28(34)35)47-31(45)26-27(42)20-15-21(36)23(16-22(20)38-30(26)44)39-11-13-40(14-12-39)32(37)46/h6,15-16,18-19,25-26,28-29,43H,1,7-14,17H2,2-5H3,(H2,37,46)(H,38,44)/t18?,19-,25+,26?,28?,29-,33+,34-,35-/m0/s1. The second-order valence-corrected chi connectivity index (χ2v) is 15.0. The number of aliphatic hydroxyl groups is 1. The number of Topliss-reactive ketones (excluding diaryl/α,β-unsaturated/α-hetero) is 2. The van der Waals surface area contributed by atoms with E-state index in [-0.39, 0.29) is 54.1 Å². The molecule has 3 amide bonds. The molecule has 5 aliphatic rings. The number of esters is 1. The average molecular weight is 653 g/mol. The molecule has 1 aromatic rings. The molecule has 3 aliphatic carbocycles. The van der Waals surface area contributed by atoms with Crippen molar-refractivity contribution in [1.29, 1.82) is 0 Å². The first-order valence-corrected chi connectivity index (χ1v) is 16.6. The average Bonchev–Trinajstić information content (AvgIpc) is 3.39. The molecule has 2 bridgehead atoms. The first kappa shape index (κ1) is 33.1. The number of anilines is 2. The number of aliphatic hydroxyl groups excluding tert-OH is 1. The fraction of sp³-hybridized carbons (Fsp3) is 0.629. The van der Waals surface area contributed by atoms with E-state index < -0.39 is 69.8 Å². The van der Waals surface area contributed by atoms with Crippen molar-refractivity contribution in [3.05, 3.63) is 36.2 Å². The van der Waals surface area contributed by atoms with Crippen molar-refractivity contribution in [2.24, 2.45) is 45.7 Å². The van der Waals surface area contributed by atoms with E-state index >= 15 is 4.39 Å². The number of nitrogens with two attached hydrogens (primary N) is 1. The number of carbonyl (C=O) groups is 5. The minimum Gasteiger partial charge on any atom is -0.461 e. The van der Waals surface area contributed by atoms with Gasteiger partial charge < -0.3 is 30.7 Å². The summed E-state index contributed by atoms with van der Waals surface area (Å²) in [5, 5.41) is 14.4. The largest absolute Gasteiger partial charge is 0.461 e. The van der Waals surface area contributed by atoms with E-state index in [0.29, 0.717) is 25.9 Å². The molecule has 1 saturated heterocycles. The van der Waals surface area contributed by atoms with Crippen LogP contribution in [-0.2, 0) is 19.1 Å². The van der Waals surface area contributed by atoms with Gasteiger partial charge in [-0.25, -0.2) is 9.18 Å². The SMILES string of the molecule is C=C[C@]1(C)C[C@@H](OC(=O)C2C(=O)Nc3cc(N4CCN(C(N)=O)CC4)c(F)cc3C2=O)[C@]2(C)C(C)CC[C@]3(CCC(=O)C32)[C@@H](C)[C@@H]1O. The molecule has 2 aliphatic heterocycles. The lowest BCUT2D eigenvalue weighted by Crippen LogP contribution is -2.63. The second kappa shape index (κ2) is 11.4. The summed E-state index contributed by atoms with van der Waals surface area (Å²) >= 11 is 0. The molecule has 3 unspecified atom stereocenters. The van der Waals surface area contributed by atoms with Crippen molar-refractivity contribution in [2.75, 3.05) is 36.4 Å². The number of primary amides is 1. The Labute approximate surface area is 274 Å². The van der Waals surface area contributed by atoms with Crippen molar-refractivity contribution in [3.8, 4) is 0 Å². The summed E-state index contributed by atoms with van der Waals surface area (Å²) in [4.78, 5) is 69.5. The van der Waals surface area contributed by atoms with E-state index in [1.54, 1.807) is 11.0 Å². The van der Waals surface area contributed by atoms with Crippen LogP contribution >= 0.6 is 0 Å². The predicted octanol–water partition coefficient (Wildman–Crippen LogP) is 3.68. The van der Waals surface area contributed by atoms with Gasteiger partial charge in [-0.1, -0.05) is 33.8 Å². The van der Waals surface area contributed by atoms with Crippen LogP contribution in [0.3, 0.4) is 0 Å². The highest BCUT2D eigenvalue weighted by atomic mass is 19.1. The van der Waals surface area contributed by atoms with Gasteiger partial charge in [-0.2, -0.15) is 0 Å². The highest BCUT2D eigenvalue weighted by molar-refractivity contribution is 6.29. The second-order valence-electron chi connectivity index (χ2n) is 15.0. The summed E-state index contributed by atoms with van der Waals surface area (Å²) in [5.41, 5.74) is 3.24. The lowest BCUT2D eigenvalue weighted by Gasteiger charge is -2.61. The molecule has 0 aromatic heterocycles. The normalized spacial score (nSPS) is 38.5. The van der Waals surface area contributed by atoms with Gasteiger partial charge in [0.15, 0.2) is 11.7 Å². The van der Waals surface area contributed by atoms with Crippen molar-refractivity contribution in [3.63, 3.8) is 0 Å². The maximum atomic E-state index is 15.5. The Balaban J connectivity index is 1.31. The van der Waals surface area contributed by atoms with Gasteiger partial charge in [-0.15, -0.1) is 6.58 Å². The number of hydrogen-bond acceptors (Lipinski definition) is 8. The van der Waals surface area contributed by atoms with Crippen LogP contribution in [-0.4, -0.2) is 77.9 Å². The van der Waals surface area contributed by atoms with E-state index in [2.05, 4.69) is 11.9 Å². The van der Waals surface area contributed by atoms with Gasteiger partial charge in [0.2, 0.25) is 5.91 Å². The number of carbonyl (C=O) groups excluding carboxylic acids is 5. The van der Waals surface area contributed by atoms with Crippen LogP contribution in [0.1, 0.15) is 70.2 Å². The van der Waals surface area contributed by atoms with Crippen LogP contribution in [0.2, 0.25) is 0 Å². The molecule has 1 aromatic carbocycles. The molecule has 254 valence electrons. The van der Waals surface area contributed by atoms with E-state index in [9.17, 15) is 29.1 Å². The Kier molecular flexibility index (Phi) is 8.05. The molecule has 12 heteroatoms. The first-order valence-electron chi connectivity index (χ1n) is 16.6. The van der Waals surface area contributed by atoms with Crippen LogP contribution < -0.4 is 16.0 Å². The van der Waals surface area contributed by atoms with Gasteiger partial charge in [-0.3, -0.25) is 19.2 Å². The Hall–Kier alpha value is -3.80. The number of hydrogen-bond donors (Lipinski definition) is 3. The summed E-state index contributed by atoms with van der Waals surface area (Å²) in [6, 6.07) is 1.82.